The third kappa shape index (κ3) is 8.94. The van der Waals surface area contributed by atoms with Crippen LogP contribution in [0.3, 0.4) is 0 Å². The van der Waals surface area contributed by atoms with E-state index in [9.17, 15) is 0 Å². The van der Waals surface area contributed by atoms with Crippen LogP contribution in [0.2, 0.25) is 6.04 Å². The minimum Gasteiger partial charge on any atom is -0.377 e. The first kappa shape index (κ1) is 17.4. The summed E-state index contributed by atoms with van der Waals surface area (Å²) >= 11 is 0. The molecule has 0 saturated carbocycles. The van der Waals surface area contributed by atoms with E-state index in [2.05, 4.69) is 12.7 Å². The second-order valence-corrected chi connectivity index (χ2v) is 5.85. The van der Waals surface area contributed by atoms with Crippen molar-refractivity contribution in [2.24, 2.45) is 5.73 Å². The van der Waals surface area contributed by atoms with Gasteiger partial charge in [-0.3, -0.25) is 0 Å². The molecule has 0 fully saturated rings. The Morgan fingerprint density at radius 3 is 1.53 bits per heavy atom. The molecular weight excluding hydrogens is 218 g/mol. The quantitative estimate of drug-likeness (QED) is 0.430. The average molecular weight is 241 g/mol. The lowest BCUT2D eigenvalue weighted by Crippen LogP contribution is -2.42. The van der Waals surface area contributed by atoms with Gasteiger partial charge in [-0.15, -0.1) is 0 Å². The van der Waals surface area contributed by atoms with Crippen molar-refractivity contribution in [2.75, 3.05) is 27.9 Å². The Hall–Kier alpha value is -0.0231. The zero-order chi connectivity index (χ0) is 12.3. The van der Waals surface area contributed by atoms with Crippen molar-refractivity contribution >= 4 is 8.80 Å². The van der Waals surface area contributed by atoms with Gasteiger partial charge in [-0.25, -0.2) is 0 Å². The minimum absolute atomic E-state index is 0.0833. The van der Waals surface area contributed by atoms with Crippen LogP contribution in [0.1, 0.15) is 13.3 Å². The molecule has 0 atom stereocenters. The van der Waals surface area contributed by atoms with Gasteiger partial charge in [0.25, 0.3) is 0 Å². The van der Waals surface area contributed by atoms with E-state index in [-0.39, 0.29) is 6.54 Å². The summed E-state index contributed by atoms with van der Waals surface area (Å²) in [4.78, 5) is 0. The van der Waals surface area contributed by atoms with Gasteiger partial charge in [-0.2, -0.15) is 0 Å². The van der Waals surface area contributed by atoms with Gasteiger partial charge < -0.3 is 29.2 Å². The zero-order valence-electron chi connectivity index (χ0n) is 9.90. The van der Waals surface area contributed by atoms with Gasteiger partial charge in [0, 0.05) is 33.9 Å². The molecule has 0 unspecified atom stereocenters. The van der Waals surface area contributed by atoms with E-state index in [0.717, 1.165) is 12.5 Å². The summed E-state index contributed by atoms with van der Waals surface area (Å²) in [5.41, 5.74) is 4.67. The minimum atomic E-state index is -2.22. The molecule has 0 amide bonds. The summed E-state index contributed by atoms with van der Waals surface area (Å²) in [6, 6.07) is 0.885. The highest BCUT2D eigenvalue weighted by atomic mass is 28.4. The molecular formula is C8H23NO5Si. The van der Waals surface area contributed by atoms with E-state index in [1.54, 1.807) is 21.3 Å². The number of hydrogen-bond donors (Lipinski definition) is 3. The third-order valence-corrected chi connectivity index (χ3v) is 4.68. The Labute approximate surface area is 92.3 Å². The molecule has 0 bridgehead atoms. The highest BCUT2D eigenvalue weighted by Crippen LogP contribution is 2.13. The van der Waals surface area contributed by atoms with Gasteiger partial charge in [0.2, 0.25) is 0 Å². The van der Waals surface area contributed by atoms with E-state index < -0.39 is 15.1 Å². The number of aliphatic hydroxyl groups is 2. The lowest BCUT2D eigenvalue weighted by atomic mass is 10.6. The molecule has 15 heavy (non-hydrogen) atoms. The van der Waals surface area contributed by atoms with Crippen LogP contribution in [-0.4, -0.2) is 53.2 Å². The maximum Gasteiger partial charge on any atom is 0.500 e. The van der Waals surface area contributed by atoms with E-state index in [1.165, 1.54) is 0 Å². The van der Waals surface area contributed by atoms with Crippen LogP contribution < -0.4 is 5.73 Å². The monoisotopic (exact) mass is 241 g/mol. The van der Waals surface area contributed by atoms with Crippen molar-refractivity contribution in [3.05, 3.63) is 0 Å². The van der Waals surface area contributed by atoms with Crippen molar-refractivity contribution in [3.63, 3.8) is 0 Å². The van der Waals surface area contributed by atoms with Gasteiger partial charge >= 0.3 is 8.80 Å². The van der Waals surface area contributed by atoms with Gasteiger partial charge in [0.05, 0.1) is 0 Å². The van der Waals surface area contributed by atoms with Gasteiger partial charge in [-0.1, -0.05) is 13.3 Å². The molecule has 94 valence electrons. The lowest BCUT2D eigenvalue weighted by molar-refractivity contribution is -0.0309. The molecule has 0 aliphatic rings. The standard InChI is InChI=1S/C6H16O3Si.C2H7NO2/c1-5-6-10(7-2,8-3)9-4;3-1-2(4)5/h5-6H2,1-4H3;2,4-5H,1,3H2. The number of nitrogens with two attached hydrogens (primary N) is 1. The van der Waals surface area contributed by atoms with Crippen LogP contribution in [0.25, 0.3) is 0 Å². The fourth-order valence-electron chi connectivity index (χ4n) is 0.862. The van der Waals surface area contributed by atoms with Gasteiger partial charge in [0.1, 0.15) is 0 Å². The van der Waals surface area contributed by atoms with Crippen LogP contribution in [-0.2, 0) is 13.3 Å². The largest absolute Gasteiger partial charge is 0.500 e. The van der Waals surface area contributed by atoms with Crippen molar-refractivity contribution < 1.29 is 23.5 Å². The first-order valence-corrected chi connectivity index (χ1v) is 6.66. The molecule has 0 aromatic rings. The van der Waals surface area contributed by atoms with E-state index in [1.807, 2.05) is 0 Å². The fourth-order valence-corrected chi connectivity index (χ4v) is 2.59. The highest BCUT2D eigenvalue weighted by Gasteiger charge is 2.36. The smallest absolute Gasteiger partial charge is 0.377 e. The highest BCUT2D eigenvalue weighted by molar-refractivity contribution is 6.60. The third-order valence-electron chi connectivity index (χ3n) is 1.70. The number of rotatable bonds is 6. The molecule has 4 N–H and O–H groups in total. The molecule has 7 heteroatoms. The van der Waals surface area contributed by atoms with Crippen LogP contribution in [0, 0.1) is 0 Å². The molecule has 0 aromatic carbocycles. The molecule has 0 heterocycles. The molecule has 0 aliphatic heterocycles. The Kier molecular flexibility index (Phi) is 12.2. The van der Waals surface area contributed by atoms with Crippen LogP contribution in [0.4, 0.5) is 0 Å². The molecule has 0 rings (SSSR count). The van der Waals surface area contributed by atoms with Crippen molar-refractivity contribution in [1.82, 2.24) is 0 Å². The second kappa shape index (κ2) is 10.5. The predicted octanol–water partition coefficient (Wildman–Crippen LogP) is -0.470. The maximum atomic E-state index is 7.79. The summed E-state index contributed by atoms with van der Waals surface area (Å²) in [7, 11) is 2.68. The summed E-state index contributed by atoms with van der Waals surface area (Å²) < 4.78 is 15.5. The first-order valence-electron chi connectivity index (χ1n) is 4.73. The summed E-state index contributed by atoms with van der Waals surface area (Å²) in [6.07, 6.45) is -0.308. The normalized spacial score (nSPS) is 11.2. The van der Waals surface area contributed by atoms with E-state index >= 15 is 0 Å². The van der Waals surface area contributed by atoms with Gasteiger partial charge in [-0.05, 0) is 0 Å². The van der Waals surface area contributed by atoms with Crippen molar-refractivity contribution in [1.29, 1.82) is 0 Å². The van der Waals surface area contributed by atoms with Crippen molar-refractivity contribution in [3.8, 4) is 0 Å². The lowest BCUT2D eigenvalue weighted by Gasteiger charge is -2.23. The molecule has 0 radical (unpaired) electrons. The summed E-state index contributed by atoms with van der Waals surface area (Å²) in [6.45, 7) is 2.00. The van der Waals surface area contributed by atoms with Gasteiger partial charge in [0.15, 0.2) is 6.29 Å². The van der Waals surface area contributed by atoms with Crippen LogP contribution in [0.5, 0.6) is 0 Å². The average Bonchev–Trinajstić information content (AvgIpc) is 2.27. The van der Waals surface area contributed by atoms with Crippen molar-refractivity contribution in [2.45, 2.75) is 25.7 Å². The Bertz CT molecular complexity index is 124. The predicted molar refractivity (Wildman–Crippen MR) is 59.2 cm³/mol. The second-order valence-electron chi connectivity index (χ2n) is 2.76. The Balaban J connectivity index is 0. The molecule has 0 aromatic heterocycles. The van der Waals surface area contributed by atoms with E-state index in [4.69, 9.17) is 23.5 Å². The molecule has 6 nitrogen and oxygen atoms in total. The number of hydrogen-bond acceptors (Lipinski definition) is 6. The Morgan fingerprint density at radius 2 is 1.47 bits per heavy atom. The van der Waals surface area contributed by atoms with Crippen LogP contribution >= 0.6 is 0 Å². The topological polar surface area (TPSA) is 94.2 Å². The Morgan fingerprint density at radius 1 is 1.13 bits per heavy atom. The number of aliphatic hydroxyl groups excluding tert-OH is 1. The van der Waals surface area contributed by atoms with E-state index in [0.29, 0.717) is 0 Å². The molecule has 0 spiro atoms. The van der Waals surface area contributed by atoms with Crippen LogP contribution in [0.15, 0.2) is 0 Å². The SMILES string of the molecule is CCC[Si](OC)(OC)OC.NCC(O)O. The summed E-state index contributed by atoms with van der Waals surface area (Å²) in [5.74, 6) is 0. The first-order chi connectivity index (χ1) is 7.01. The maximum absolute atomic E-state index is 7.79. The fraction of sp³-hybridized carbons (Fsp3) is 1.00. The molecule has 0 aliphatic carbocycles. The summed E-state index contributed by atoms with van der Waals surface area (Å²) in [5, 5.41) is 15.6. The zero-order valence-corrected chi connectivity index (χ0v) is 10.9. The molecule has 0 saturated heterocycles.